The van der Waals surface area contributed by atoms with Crippen LogP contribution in [0.25, 0.3) is 39.2 Å². The number of benzene rings is 3. The fraction of sp³-hybridized carbons (Fsp3) is 0.108. The minimum Gasteiger partial charge on any atom is -0.438 e. The number of nitrogens with zero attached hydrogens (tertiary/aromatic N) is 6. The predicted molar refractivity (Wildman–Crippen MR) is 183 cm³/mol. The molecule has 0 spiro atoms. The molecule has 11 nitrogen and oxygen atoms in total. The summed E-state index contributed by atoms with van der Waals surface area (Å²) in [5.41, 5.74) is 4.26. The van der Waals surface area contributed by atoms with Crippen molar-refractivity contribution in [3.63, 3.8) is 0 Å². The van der Waals surface area contributed by atoms with Gasteiger partial charge < -0.3 is 19.4 Å². The fourth-order valence-corrected chi connectivity index (χ4v) is 5.53. The number of rotatable bonds is 9. The van der Waals surface area contributed by atoms with E-state index >= 15 is 0 Å². The third-order valence-corrected chi connectivity index (χ3v) is 7.79. The molecule has 244 valence electrons. The van der Waals surface area contributed by atoms with E-state index in [1.54, 1.807) is 41.2 Å². The number of anilines is 1. The Kier molecular flexibility index (Phi) is 8.29. The lowest BCUT2D eigenvalue weighted by atomic mass is 9.99. The summed E-state index contributed by atoms with van der Waals surface area (Å²) in [7, 11) is 5.89. The molecule has 0 unspecified atom stereocenters. The molecule has 0 fully saturated rings. The Hall–Kier alpha value is -6.40. The van der Waals surface area contributed by atoms with Gasteiger partial charge in [0.05, 0.1) is 11.8 Å². The zero-order valence-corrected chi connectivity index (χ0v) is 26.8. The third-order valence-electron chi connectivity index (χ3n) is 7.79. The maximum absolute atomic E-state index is 13.4. The van der Waals surface area contributed by atoms with Gasteiger partial charge >= 0.3 is 0 Å². The first kappa shape index (κ1) is 31.2. The SMILES string of the molecule is CN(C)Cc1ccc(-c2c(-c3cnn(C)c3)oc3ncnc(Oc4ccc(NC(=O)c5cccn(-c6ccc(F)cc6)c5=O)cc4)c23)cc1. The highest BCUT2D eigenvalue weighted by Crippen LogP contribution is 2.44. The van der Waals surface area contributed by atoms with Gasteiger partial charge in [-0.15, -0.1) is 0 Å². The van der Waals surface area contributed by atoms with Crippen LogP contribution in [-0.2, 0) is 13.6 Å². The number of hydrogen-bond acceptors (Lipinski definition) is 8. The molecular weight excluding hydrogens is 625 g/mol. The van der Waals surface area contributed by atoms with Gasteiger partial charge in [0.25, 0.3) is 11.5 Å². The topological polar surface area (TPSA) is 120 Å². The van der Waals surface area contributed by atoms with Gasteiger partial charge in [-0.2, -0.15) is 5.10 Å². The van der Waals surface area contributed by atoms with Crippen LogP contribution < -0.4 is 15.6 Å². The van der Waals surface area contributed by atoms with Gasteiger partial charge in [-0.25, -0.2) is 14.4 Å². The van der Waals surface area contributed by atoms with Crippen LogP contribution in [0.15, 0.2) is 119 Å². The first-order valence-corrected chi connectivity index (χ1v) is 15.3. The average Bonchev–Trinajstić information content (AvgIpc) is 3.70. The summed E-state index contributed by atoms with van der Waals surface area (Å²) < 4.78 is 29.0. The van der Waals surface area contributed by atoms with Crippen LogP contribution in [0.5, 0.6) is 11.6 Å². The molecule has 0 aliphatic rings. The van der Waals surface area contributed by atoms with E-state index < -0.39 is 17.3 Å². The number of aromatic nitrogens is 5. The van der Waals surface area contributed by atoms with Crippen LogP contribution >= 0.6 is 0 Å². The number of hydrogen-bond donors (Lipinski definition) is 1. The number of carbonyl (C=O) groups excluding carboxylic acids is 1. The summed E-state index contributed by atoms with van der Waals surface area (Å²) in [4.78, 5) is 37.2. The van der Waals surface area contributed by atoms with E-state index in [0.717, 1.165) is 28.8 Å². The van der Waals surface area contributed by atoms with E-state index in [9.17, 15) is 14.0 Å². The third kappa shape index (κ3) is 6.45. The largest absolute Gasteiger partial charge is 0.438 e. The van der Waals surface area contributed by atoms with Crippen molar-refractivity contribution in [1.29, 1.82) is 0 Å². The van der Waals surface area contributed by atoms with Crippen LogP contribution in [0.2, 0.25) is 0 Å². The summed E-state index contributed by atoms with van der Waals surface area (Å²) in [5, 5.41) is 7.69. The van der Waals surface area contributed by atoms with Gasteiger partial charge in [0.15, 0.2) is 0 Å². The highest BCUT2D eigenvalue weighted by Gasteiger charge is 2.24. The van der Waals surface area contributed by atoms with E-state index in [1.165, 1.54) is 47.4 Å². The molecule has 7 rings (SSSR count). The normalized spacial score (nSPS) is 11.3. The standard InChI is InChI=1S/C37H30FN7O4/c1-43(2)20-23-6-8-24(9-7-23)31-32-35(39-22-40-36(32)49-33(31)25-19-41-44(3)21-25)48-29-16-12-27(13-17-29)42-34(46)30-5-4-18-45(37(30)47)28-14-10-26(38)11-15-28/h4-19,21-22H,20H2,1-3H3,(H,42,46). The second kappa shape index (κ2) is 13.0. The Morgan fingerprint density at radius 1 is 0.959 bits per heavy atom. The Morgan fingerprint density at radius 2 is 1.71 bits per heavy atom. The van der Waals surface area contributed by atoms with Crippen molar-refractivity contribution in [3.05, 3.63) is 137 Å². The summed E-state index contributed by atoms with van der Waals surface area (Å²) in [6.45, 7) is 0.801. The zero-order chi connectivity index (χ0) is 34.1. The number of carbonyl (C=O) groups is 1. The average molecular weight is 656 g/mol. The molecule has 0 aliphatic heterocycles. The lowest BCUT2D eigenvalue weighted by Crippen LogP contribution is -2.27. The van der Waals surface area contributed by atoms with Gasteiger partial charge in [0.2, 0.25) is 11.6 Å². The molecule has 12 heteroatoms. The lowest BCUT2D eigenvalue weighted by Gasteiger charge is -2.11. The molecule has 0 aliphatic carbocycles. The van der Waals surface area contributed by atoms with E-state index in [0.29, 0.717) is 39.9 Å². The monoisotopic (exact) mass is 655 g/mol. The summed E-state index contributed by atoms with van der Waals surface area (Å²) >= 11 is 0. The Morgan fingerprint density at radius 3 is 2.41 bits per heavy atom. The predicted octanol–water partition coefficient (Wildman–Crippen LogP) is 6.69. The molecule has 4 aromatic heterocycles. The van der Waals surface area contributed by atoms with E-state index in [4.69, 9.17) is 9.15 Å². The Labute approximate surface area is 279 Å². The van der Waals surface area contributed by atoms with Crippen molar-refractivity contribution < 1.29 is 18.3 Å². The number of amides is 1. The quantitative estimate of drug-likeness (QED) is 0.183. The Bertz CT molecular complexity index is 2340. The second-order valence-corrected chi connectivity index (χ2v) is 11.7. The highest BCUT2D eigenvalue weighted by molar-refractivity contribution is 6.04. The van der Waals surface area contributed by atoms with Crippen LogP contribution in [0.3, 0.4) is 0 Å². The van der Waals surface area contributed by atoms with Gasteiger partial charge in [-0.3, -0.25) is 18.8 Å². The summed E-state index contributed by atoms with van der Waals surface area (Å²) in [6.07, 6.45) is 6.51. The number of fused-ring (bicyclic) bond motifs is 1. The molecule has 7 aromatic rings. The van der Waals surface area contributed by atoms with Crippen LogP contribution in [-0.4, -0.2) is 49.2 Å². The zero-order valence-electron chi connectivity index (χ0n) is 26.8. The summed E-state index contributed by atoms with van der Waals surface area (Å²) in [5.74, 6) is 0.320. The molecule has 49 heavy (non-hydrogen) atoms. The lowest BCUT2D eigenvalue weighted by molar-refractivity contribution is 0.102. The van der Waals surface area contributed by atoms with Crippen molar-refractivity contribution in [2.45, 2.75) is 6.54 Å². The molecule has 1 amide bonds. The van der Waals surface area contributed by atoms with Gasteiger partial charge in [-0.1, -0.05) is 24.3 Å². The molecule has 3 aromatic carbocycles. The smallest absolute Gasteiger partial charge is 0.267 e. The number of aryl methyl sites for hydroxylation is 1. The highest BCUT2D eigenvalue weighted by atomic mass is 19.1. The van der Waals surface area contributed by atoms with E-state index in [2.05, 4.69) is 37.4 Å². The number of nitrogens with one attached hydrogen (secondary N) is 1. The van der Waals surface area contributed by atoms with E-state index in [1.807, 2.05) is 39.5 Å². The molecule has 0 saturated heterocycles. The van der Waals surface area contributed by atoms with Gasteiger partial charge in [0.1, 0.15) is 34.6 Å². The van der Waals surface area contributed by atoms with Crippen molar-refractivity contribution in [1.82, 2.24) is 29.2 Å². The fourth-order valence-electron chi connectivity index (χ4n) is 5.53. The van der Waals surface area contributed by atoms with E-state index in [-0.39, 0.29) is 5.56 Å². The number of ether oxygens (including phenoxy) is 1. The molecule has 0 atom stereocenters. The van der Waals surface area contributed by atoms with Crippen molar-refractivity contribution >= 4 is 22.7 Å². The van der Waals surface area contributed by atoms with Crippen LogP contribution in [0.4, 0.5) is 10.1 Å². The van der Waals surface area contributed by atoms with Crippen LogP contribution in [0, 0.1) is 5.82 Å². The van der Waals surface area contributed by atoms with Crippen molar-refractivity contribution in [3.8, 4) is 39.8 Å². The molecular formula is C37H30FN7O4. The minimum absolute atomic E-state index is 0.0674. The maximum Gasteiger partial charge on any atom is 0.267 e. The number of pyridine rings is 1. The minimum atomic E-state index is -0.588. The van der Waals surface area contributed by atoms with Gasteiger partial charge in [-0.05, 0) is 85.9 Å². The van der Waals surface area contributed by atoms with Crippen molar-refractivity contribution in [2.24, 2.45) is 7.05 Å². The maximum atomic E-state index is 13.4. The number of halogens is 1. The molecule has 0 radical (unpaired) electrons. The first-order chi connectivity index (χ1) is 23.7. The second-order valence-electron chi connectivity index (χ2n) is 11.7. The molecule has 0 saturated carbocycles. The molecule has 1 N–H and O–H groups in total. The van der Waals surface area contributed by atoms with Crippen molar-refractivity contribution in [2.75, 3.05) is 19.4 Å². The molecule has 0 bridgehead atoms. The van der Waals surface area contributed by atoms with Crippen LogP contribution in [0.1, 0.15) is 15.9 Å². The summed E-state index contributed by atoms with van der Waals surface area (Å²) in [6, 6.07) is 23.4. The Balaban J connectivity index is 1.17. The van der Waals surface area contributed by atoms with Gasteiger partial charge in [0, 0.05) is 42.9 Å². The molecule has 4 heterocycles. The first-order valence-electron chi connectivity index (χ1n) is 15.3. The number of furan rings is 1.